The van der Waals surface area contributed by atoms with Crippen molar-refractivity contribution in [2.75, 3.05) is 5.75 Å². The van der Waals surface area contributed by atoms with E-state index in [-0.39, 0.29) is 5.56 Å². The third-order valence-corrected chi connectivity index (χ3v) is 4.54. The van der Waals surface area contributed by atoms with E-state index in [0.717, 1.165) is 28.8 Å². The smallest absolute Gasteiger partial charge is 0.249 e. The van der Waals surface area contributed by atoms with Gasteiger partial charge >= 0.3 is 0 Å². The Hall–Kier alpha value is -2.11. The molecule has 0 aliphatic heterocycles. The molecule has 0 spiro atoms. The lowest BCUT2D eigenvalue weighted by Crippen LogP contribution is -2.04. The summed E-state index contributed by atoms with van der Waals surface area (Å²) in [5.74, 6) is 1.12. The zero-order valence-corrected chi connectivity index (χ0v) is 13.8. The van der Waals surface area contributed by atoms with E-state index < -0.39 is 0 Å². The number of nitrogens with zero attached hydrogens (tertiary/aromatic N) is 1. The highest BCUT2D eigenvalue weighted by molar-refractivity contribution is 7.97. The maximum absolute atomic E-state index is 11.4. The summed E-state index contributed by atoms with van der Waals surface area (Å²) < 4.78 is 3.36. The molecular formula is C18H19N3OS. The lowest BCUT2D eigenvalue weighted by molar-refractivity contribution is 0.968. The van der Waals surface area contributed by atoms with Crippen LogP contribution in [0.5, 0.6) is 0 Å². The van der Waals surface area contributed by atoms with E-state index in [1.807, 2.05) is 12.1 Å². The Bertz CT molecular complexity index is 843. The SMILES string of the molecule is CCCSNCc1ccc(-c2ccnc3[nH]c(=O)ccc23)cc1. The minimum atomic E-state index is -0.131. The fraction of sp³-hybridized carbons (Fsp3) is 0.222. The van der Waals surface area contributed by atoms with Gasteiger partial charge in [0.2, 0.25) is 5.56 Å². The number of hydrogen-bond donors (Lipinski definition) is 2. The van der Waals surface area contributed by atoms with Crippen LogP contribution in [0.25, 0.3) is 22.2 Å². The van der Waals surface area contributed by atoms with Crippen LogP contribution in [-0.2, 0) is 6.54 Å². The summed E-state index contributed by atoms with van der Waals surface area (Å²) in [5.41, 5.74) is 3.94. The number of aromatic nitrogens is 2. The minimum absolute atomic E-state index is 0.131. The number of fused-ring (bicyclic) bond motifs is 1. The van der Waals surface area contributed by atoms with Crippen molar-refractivity contribution in [1.82, 2.24) is 14.7 Å². The van der Waals surface area contributed by atoms with Crippen LogP contribution < -0.4 is 10.3 Å². The fourth-order valence-corrected chi connectivity index (χ4v) is 3.04. The van der Waals surface area contributed by atoms with Gasteiger partial charge in [0, 0.05) is 29.9 Å². The number of pyridine rings is 2. The van der Waals surface area contributed by atoms with E-state index in [9.17, 15) is 4.79 Å². The van der Waals surface area contributed by atoms with Crippen LogP contribution in [0.1, 0.15) is 18.9 Å². The maximum Gasteiger partial charge on any atom is 0.249 e. The molecule has 0 amide bonds. The van der Waals surface area contributed by atoms with Gasteiger partial charge in [-0.05, 0) is 35.2 Å². The average molecular weight is 325 g/mol. The summed E-state index contributed by atoms with van der Waals surface area (Å²) in [6.07, 6.45) is 2.90. The molecule has 1 aromatic carbocycles. The minimum Gasteiger partial charge on any atom is -0.307 e. The first-order valence-corrected chi connectivity index (χ1v) is 8.68. The van der Waals surface area contributed by atoms with Crippen molar-refractivity contribution in [1.29, 1.82) is 0 Å². The van der Waals surface area contributed by atoms with Gasteiger partial charge < -0.3 is 4.98 Å². The first kappa shape index (κ1) is 15.8. The van der Waals surface area contributed by atoms with Crippen molar-refractivity contribution in [2.24, 2.45) is 0 Å². The Morgan fingerprint density at radius 2 is 1.96 bits per heavy atom. The zero-order valence-electron chi connectivity index (χ0n) is 13.0. The monoisotopic (exact) mass is 325 g/mol. The van der Waals surface area contributed by atoms with Crippen molar-refractivity contribution >= 4 is 23.0 Å². The summed E-state index contributed by atoms with van der Waals surface area (Å²) in [6.45, 7) is 3.03. The molecule has 0 aliphatic rings. The van der Waals surface area contributed by atoms with Gasteiger partial charge in [-0.3, -0.25) is 9.52 Å². The van der Waals surface area contributed by atoms with Crippen LogP contribution in [0.3, 0.4) is 0 Å². The number of H-pyrrole nitrogens is 1. The first-order valence-electron chi connectivity index (χ1n) is 7.70. The quantitative estimate of drug-likeness (QED) is 0.535. The second-order valence-electron chi connectivity index (χ2n) is 5.31. The molecule has 4 nitrogen and oxygen atoms in total. The molecule has 3 rings (SSSR count). The molecule has 0 unspecified atom stereocenters. The Labute approximate surface area is 139 Å². The van der Waals surface area contributed by atoms with Gasteiger partial charge in [-0.25, -0.2) is 4.98 Å². The third kappa shape index (κ3) is 3.81. The van der Waals surface area contributed by atoms with Gasteiger partial charge in [0.1, 0.15) is 5.65 Å². The summed E-state index contributed by atoms with van der Waals surface area (Å²) in [5, 5.41) is 0.955. The highest BCUT2D eigenvalue weighted by Gasteiger charge is 2.05. The Balaban J connectivity index is 1.83. The first-order chi connectivity index (χ1) is 11.3. The van der Waals surface area contributed by atoms with Gasteiger partial charge in [0.15, 0.2) is 0 Å². The van der Waals surface area contributed by atoms with E-state index in [1.54, 1.807) is 18.1 Å². The van der Waals surface area contributed by atoms with E-state index in [2.05, 4.69) is 45.9 Å². The molecule has 0 saturated heterocycles. The summed E-state index contributed by atoms with van der Waals surface area (Å²) in [7, 11) is 0. The topological polar surface area (TPSA) is 57.8 Å². The van der Waals surface area contributed by atoms with Crippen LogP contribution in [0.2, 0.25) is 0 Å². The van der Waals surface area contributed by atoms with Gasteiger partial charge in [0.25, 0.3) is 0 Å². The number of rotatable bonds is 6. The molecule has 0 saturated carbocycles. The third-order valence-electron chi connectivity index (χ3n) is 3.58. The molecule has 0 bridgehead atoms. The molecule has 0 fully saturated rings. The molecule has 0 atom stereocenters. The highest BCUT2D eigenvalue weighted by Crippen LogP contribution is 2.26. The molecule has 2 N–H and O–H groups in total. The van der Waals surface area contributed by atoms with Crippen LogP contribution in [0.4, 0.5) is 0 Å². The van der Waals surface area contributed by atoms with Gasteiger partial charge in [-0.1, -0.05) is 43.1 Å². The van der Waals surface area contributed by atoms with Gasteiger partial charge in [-0.15, -0.1) is 0 Å². The molecule has 3 aromatic rings. The number of hydrogen-bond acceptors (Lipinski definition) is 4. The summed E-state index contributed by atoms with van der Waals surface area (Å²) in [4.78, 5) is 18.4. The number of aromatic amines is 1. The van der Waals surface area contributed by atoms with Crippen molar-refractivity contribution in [3.8, 4) is 11.1 Å². The number of benzene rings is 1. The Morgan fingerprint density at radius 3 is 2.74 bits per heavy atom. The Morgan fingerprint density at radius 1 is 1.13 bits per heavy atom. The van der Waals surface area contributed by atoms with E-state index in [0.29, 0.717) is 5.65 Å². The second-order valence-corrected chi connectivity index (χ2v) is 6.30. The molecule has 5 heteroatoms. The largest absolute Gasteiger partial charge is 0.307 e. The highest BCUT2D eigenvalue weighted by atomic mass is 32.2. The average Bonchev–Trinajstić information content (AvgIpc) is 2.58. The Kier molecular flexibility index (Phi) is 5.10. The van der Waals surface area contributed by atoms with Crippen LogP contribution in [0.15, 0.2) is 53.5 Å². The molecule has 2 heterocycles. The van der Waals surface area contributed by atoms with E-state index >= 15 is 0 Å². The van der Waals surface area contributed by atoms with Crippen molar-refractivity contribution in [2.45, 2.75) is 19.9 Å². The molecule has 0 aliphatic carbocycles. The second kappa shape index (κ2) is 7.44. The van der Waals surface area contributed by atoms with E-state index in [1.165, 1.54) is 18.1 Å². The van der Waals surface area contributed by atoms with Crippen LogP contribution in [0, 0.1) is 0 Å². The molecule has 2 aromatic heterocycles. The zero-order chi connectivity index (χ0) is 16.1. The van der Waals surface area contributed by atoms with Gasteiger partial charge in [0.05, 0.1) is 0 Å². The lowest BCUT2D eigenvalue weighted by Gasteiger charge is -2.08. The molecular weight excluding hydrogens is 306 g/mol. The molecule has 23 heavy (non-hydrogen) atoms. The van der Waals surface area contributed by atoms with Crippen LogP contribution in [-0.4, -0.2) is 15.7 Å². The normalized spacial score (nSPS) is 11.0. The fourth-order valence-electron chi connectivity index (χ4n) is 2.42. The number of nitrogens with one attached hydrogen (secondary N) is 2. The molecule has 0 radical (unpaired) electrons. The maximum atomic E-state index is 11.4. The van der Waals surface area contributed by atoms with E-state index in [4.69, 9.17) is 0 Å². The molecule has 118 valence electrons. The predicted molar refractivity (Wildman–Crippen MR) is 97.4 cm³/mol. The summed E-state index contributed by atoms with van der Waals surface area (Å²) >= 11 is 1.76. The van der Waals surface area contributed by atoms with Crippen molar-refractivity contribution in [3.63, 3.8) is 0 Å². The predicted octanol–water partition coefficient (Wildman–Crippen LogP) is 3.74. The lowest BCUT2D eigenvalue weighted by atomic mass is 10.0. The standard InChI is InChI=1S/C18H19N3OS/c1-2-11-23-20-12-13-3-5-14(6-4-13)15-9-10-19-18-16(15)7-8-17(22)21-18/h3-10,20H,2,11-12H2,1H3,(H,19,21,22). The van der Waals surface area contributed by atoms with Crippen LogP contribution >= 0.6 is 11.9 Å². The van der Waals surface area contributed by atoms with Crippen molar-refractivity contribution < 1.29 is 0 Å². The van der Waals surface area contributed by atoms with Gasteiger partial charge in [-0.2, -0.15) is 0 Å². The van der Waals surface area contributed by atoms with Crippen molar-refractivity contribution in [3.05, 3.63) is 64.6 Å². The summed E-state index contributed by atoms with van der Waals surface area (Å²) in [6, 6.07) is 13.8.